The van der Waals surface area contributed by atoms with E-state index in [9.17, 15) is 14.7 Å². The number of carboxylic acids is 1. The third-order valence-corrected chi connectivity index (χ3v) is 4.46. The largest absolute Gasteiger partial charge is 0.480 e. The Balaban J connectivity index is 2.42. The lowest BCUT2D eigenvalue weighted by Gasteiger charge is -2.32. The van der Waals surface area contributed by atoms with Crippen LogP contribution in [-0.4, -0.2) is 29.1 Å². The van der Waals surface area contributed by atoms with E-state index in [0.29, 0.717) is 5.56 Å². The van der Waals surface area contributed by atoms with E-state index in [1.54, 1.807) is 12.1 Å². The van der Waals surface area contributed by atoms with Crippen LogP contribution in [0.4, 0.5) is 0 Å². The smallest absolute Gasteiger partial charge is 0.323 e. The van der Waals surface area contributed by atoms with E-state index >= 15 is 0 Å². The number of hydrogen-bond acceptors (Lipinski definition) is 4. The van der Waals surface area contributed by atoms with Crippen LogP contribution in [0.2, 0.25) is 5.15 Å². The lowest BCUT2D eigenvalue weighted by atomic mass is 9.70. The minimum Gasteiger partial charge on any atom is -0.480 e. The highest BCUT2D eigenvalue weighted by Gasteiger charge is 2.54. The molecule has 1 aliphatic carbocycles. The number of esters is 1. The molecule has 1 aliphatic rings. The fourth-order valence-corrected chi connectivity index (χ4v) is 3.39. The van der Waals surface area contributed by atoms with Crippen molar-refractivity contribution in [2.45, 2.75) is 32.1 Å². The Morgan fingerprint density at radius 2 is 2.14 bits per heavy atom. The molecule has 1 aromatic rings. The minimum absolute atomic E-state index is 0.0713. The highest BCUT2D eigenvalue weighted by Crippen LogP contribution is 2.43. The topological polar surface area (TPSA) is 76.5 Å². The monoisotopic (exact) mass is 311 g/mol. The van der Waals surface area contributed by atoms with Crippen LogP contribution in [0.15, 0.2) is 18.3 Å². The number of rotatable bonds is 5. The summed E-state index contributed by atoms with van der Waals surface area (Å²) in [6.45, 7) is 0. The van der Waals surface area contributed by atoms with E-state index in [-0.39, 0.29) is 17.5 Å². The summed E-state index contributed by atoms with van der Waals surface area (Å²) in [6, 6.07) is 3.28. The molecule has 21 heavy (non-hydrogen) atoms. The lowest BCUT2D eigenvalue weighted by Crippen LogP contribution is -2.47. The van der Waals surface area contributed by atoms with Crippen molar-refractivity contribution in [3.8, 4) is 0 Å². The number of nitrogens with zero attached hydrogens (tertiary/aromatic N) is 1. The first-order valence-electron chi connectivity index (χ1n) is 6.93. The van der Waals surface area contributed by atoms with Crippen LogP contribution < -0.4 is 0 Å². The van der Waals surface area contributed by atoms with Gasteiger partial charge in [-0.25, -0.2) is 4.98 Å². The maximum absolute atomic E-state index is 12.3. The van der Waals surface area contributed by atoms with E-state index < -0.39 is 17.4 Å². The van der Waals surface area contributed by atoms with Gasteiger partial charge in [-0.2, -0.15) is 0 Å². The summed E-state index contributed by atoms with van der Waals surface area (Å²) in [7, 11) is 1.23. The Labute approximate surface area is 128 Å². The van der Waals surface area contributed by atoms with Gasteiger partial charge in [-0.15, -0.1) is 0 Å². The number of aliphatic carboxylic acids is 1. The van der Waals surface area contributed by atoms with Crippen LogP contribution in [0.3, 0.4) is 0 Å². The number of ether oxygens (including phenoxy) is 1. The molecule has 1 aromatic heterocycles. The first kappa shape index (κ1) is 15.8. The summed E-state index contributed by atoms with van der Waals surface area (Å²) in [5, 5.41) is 10.0. The fraction of sp³-hybridized carbons (Fsp3) is 0.533. The molecule has 1 fully saturated rings. The molecule has 0 amide bonds. The average Bonchev–Trinajstić information content (AvgIpc) is 2.98. The second kappa shape index (κ2) is 6.43. The standard InChI is InChI=1S/C15H18ClNO4/c1-21-14(20)15(13(18)19,11-4-2-3-5-11)9-10-6-7-17-12(16)8-10/h6-8,11H,2-5,9H2,1H3,(H,18,19). The molecule has 1 heterocycles. The summed E-state index contributed by atoms with van der Waals surface area (Å²) in [5.41, 5.74) is -0.870. The number of carboxylic acid groups (broad SMARTS) is 1. The predicted octanol–water partition coefficient (Wildman–Crippen LogP) is 2.71. The zero-order chi connectivity index (χ0) is 15.5. The third-order valence-electron chi connectivity index (χ3n) is 4.26. The molecule has 114 valence electrons. The maximum atomic E-state index is 12.3. The molecule has 1 N–H and O–H groups in total. The summed E-state index contributed by atoms with van der Waals surface area (Å²) >= 11 is 5.85. The van der Waals surface area contributed by atoms with E-state index in [4.69, 9.17) is 16.3 Å². The molecule has 6 heteroatoms. The Kier molecular flexibility index (Phi) is 4.83. The molecule has 0 spiro atoms. The van der Waals surface area contributed by atoms with Crippen molar-refractivity contribution in [1.82, 2.24) is 4.98 Å². The number of carbonyl (C=O) groups excluding carboxylic acids is 1. The highest BCUT2D eigenvalue weighted by atomic mass is 35.5. The van der Waals surface area contributed by atoms with Crippen LogP contribution in [-0.2, 0) is 20.7 Å². The molecule has 1 saturated carbocycles. The van der Waals surface area contributed by atoms with Gasteiger partial charge in [0.05, 0.1) is 7.11 Å². The molecule has 0 bridgehead atoms. The van der Waals surface area contributed by atoms with Gasteiger partial charge in [0.25, 0.3) is 0 Å². The third kappa shape index (κ3) is 3.02. The van der Waals surface area contributed by atoms with E-state index in [1.165, 1.54) is 13.3 Å². The molecule has 0 aromatic carbocycles. The summed E-state index contributed by atoms with van der Waals surface area (Å²) in [4.78, 5) is 28.1. The second-order valence-electron chi connectivity index (χ2n) is 5.41. The van der Waals surface area contributed by atoms with Crippen molar-refractivity contribution < 1.29 is 19.4 Å². The second-order valence-corrected chi connectivity index (χ2v) is 5.80. The van der Waals surface area contributed by atoms with Gasteiger partial charge in [-0.1, -0.05) is 24.4 Å². The first-order valence-corrected chi connectivity index (χ1v) is 7.30. The van der Waals surface area contributed by atoms with Crippen LogP contribution >= 0.6 is 11.6 Å². The molecule has 1 atom stereocenters. The van der Waals surface area contributed by atoms with E-state index in [2.05, 4.69) is 4.98 Å². The van der Waals surface area contributed by atoms with E-state index in [1.807, 2.05) is 0 Å². The van der Waals surface area contributed by atoms with Crippen LogP contribution in [0.25, 0.3) is 0 Å². The molecule has 1 unspecified atom stereocenters. The summed E-state index contributed by atoms with van der Waals surface area (Å²) in [5.74, 6) is -2.03. The minimum atomic E-state index is -1.55. The predicted molar refractivity (Wildman–Crippen MR) is 77.0 cm³/mol. The number of methoxy groups -OCH3 is 1. The molecule has 0 radical (unpaired) electrons. The van der Waals surface area contributed by atoms with Crippen LogP contribution in [0.1, 0.15) is 31.2 Å². The molecular weight excluding hydrogens is 294 g/mol. The summed E-state index contributed by atoms with van der Waals surface area (Å²) < 4.78 is 4.82. The quantitative estimate of drug-likeness (QED) is 0.514. The van der Waals surface area contributed by atoms with Crippen molar-refractivity contribution in [2.24, 2.45) is 11.3 Å². The van der Waals surface area contributed by atoms with Crippen molar-refractivity contribution in [2.75, 3.05) is 7.11 Å². The summed E-state index contributed by atoms with van der Waals surface area (Å²) in [6.07, 6.45) is 4.90. The highest BCUT2D eigenvalue weighted by molar-refractivity contribution is 6.29. The lowest BCUT2D eigenvalue weighted by molar-refractivity contribution is -0.171. The van der Waals surface area contributed by atoms with Gasteiger partial charge in [-0.3, -0.25) is 9.59 Å². The van der Waals surface area contributed by atoms with Crippen LogP contribution in [0, 0.1) is 11.3 Å². The van der Waals surface area contributed by atoms with Crippen molar-refractivity contribution in [1.29, 1.82) is 0 Å². The van der Waals surface area contributed by atoms with Gasteiger partial charge in [0.1, 0.15) is 5.15 Å². The molecule has 0 aliphatic heterocycles. The molecule has 0 saturated heterocycles. The molecular formula is C15H18ClNO4. The number of hydrogen-bond donors (Lipinski definition) is 1. The average molecular weight is 312 g/mol. The Morgan fingerprint density at radius 3 is 2.67 bits per heavy atom. The number of halogens is 1. The van der Waals surface area contributed by atoms with Gasteiger partial charge in [0.15, 0.2) is 5.41 Å². The maximum Gasteiger partial charge on any atom is 0.323 e. The Morgan fingerprint density at radius 1 is 1.48 bits per heavy atom. The Bertz CT molecular complexity index is 542. The van der Waals surface area contributed by atoms with Gasteiger partial charge in [0, 0.05) is 6.20 Å². The van der Waals surface area contributed by atoms with Crippen molar-refractivity contribution in [3.05, 3.63) is 29.0 Å². The molecule has 2 rings (SSSR count). The molecule has 5 nitrogen and oxygen atoms in total. The first-order chi connectivity index (χ1) is 10.0. The van der Waals surface area contributed by atoms with E-state index in [0.717, 1.165) is 25.7 Å². The zero-order valence-electron chi connectivity index (χ0n) is 11.8. The van der Waals surface area contributed by atoms with Gasteiger partial charge >= 0.3 is 11.9 Å². The van der Waals surface area contributed by atoms with Gasteiger partial charge in [-0.05, 0) is 42.9 Å². The number of aromatic nitrogens is 1. The van der Waals surface area contributed by atoms with Gasteiger partial charge < -0.3 is 9.84 Å². The normalized spacial score (nSPS) is 18.2. The van der Waals surface area contributed by atoms with Gasteiger partial charge in [0.2, 0.25) is 0 Å². The Hall–Kier alpha value is -1.62. The SMILES string of the molecule is COC(=O)C(Cc1ccnc(Cl)c1)(C(=O)O)C1CCCC1. The number of carbonyl (C=O) groups is 2. The fourth-order valence-electron chi connectivity index (χ4n) is 3.20. The van der Waals surface area contributed by atoms with Crippen molar-refractivity contribution in [3.63, 3.8) is 0 Å². The zero-order valence-corrected chi connectivity index (χ0v) is 12.6. The number of pyridine rings is 1. The van der Waals surface area contributed by atoms with Crippen molar-refractivity contribution >= 4 is 23.5 Å². The van der Waals surface area contributed by atoms with Crippen LogP contribution in [0.5, 0.6) is 0 Å².